The Morgan fingerprint density at radius 1 is 1.10 bits per heavy atom. The summed E-state index contributed by atoms with van der Waals surface area (Å²) in [5.74, 6) is 1.24. The minimum Gasteiger partial charge on any atom is -0.489 e. The minimum absolute atomic E-state index is 0.00589. The highest BCUT2D eigenvalue weighted by atomic mass is 16.6. The highest BCUT2D eigenvalue weighted by Gasteiger charge is 2.31. The van der Waals surface area contributed by atoms with Crippen LogP contribution in [0.5, 0.6) is 5.75 Å². The average molecular weight is 570 g/mol. The lowest BCUT2D eigenvalue weighted by molar-refractivity contribution is -0.119. The van der Waals surface area contributed by atoms with Crippen LogP contribution >= 0.6 is 0 Å². The van der Waals surface area contributed by atoms with Crippen molar-refractivity contribution < 1.29 is 19.1 Å². The van der Waals surface area contributed by atoms with Crippen LogP contribution in [0.25, 0.3) is 11.3 Å². The van der Waals surface area contributed by atoms with Crippen molar-refractivity contribution in [3.05, 3.63) is 60.0 Å². The number of likely N-dealkylation sites (tertiary alicyclic amines) is 1. The number of piperidine rings is 1. The average Bonchev–Trinajstić information content (AvgIpc) is 3.79. The molecule has 4 heterocycles. The molecule has 0 unspecified atom stereocenters. The third-order valence-corrected chi connectivity index (χ3v) is 7.02. The Morgan fingerprint density at radius 2 is 1.86 bits per heavy atom. The monoisotopic (exact) mass is 569 g/mol. The van der Waals surface area contributed by atoms with Crippen molar-refractivity contribution in [1.82, 2.24) is 19.9 Å². The molecule has 42 heavy (non-hydrogen) atoms. The van der Waals surface area contributed by atoms with Gasteiger partial charge < -0.3 is 15.2 Å². The number of hydrogen-bond donors (Lipinski definition) is 1. The summed E-state index contributed by atoms with van der Waals surface area (Å²) in [6.45, 7) is 7.10. The molecular weight excluding hydrogens is 534 g/mol. The summed E-state index contributed by atoms with van der Waals surface area (Å²) in [5, 5.41) is 9.48. The number of pyridine rings is 3. The van der Waals surface area contributed by atoms with E-state index >= 15 is 0 Å². The number of ether oxygens (including phenoxy) is 2. The predicted molar refractivity (Wildman–Crippen MR) is 156 cm³/mol. The maximum atomic E-state index is 13.5. The van der Waals surface area contributed by atoms with Gasteiger partial charge in [0.2, 0.25) is 5.91 Å². The van der Waals surface area contributed by atoms with E-state index in [9.17, 15) is 14.9 Å². The molecule has 1 aliphatic heterocycles. The number of nitriles is 1. The van der Waals surface area contributed by atoms with Crippen LogP contribution in [-0.4, -0.2) is 63.2 Å². The van der Waals surface area contributed by atoms with Crippen molar-refractivity contribution in [3.8, 4) is 23.1 Å². The smallest absolute Gasteiger partial charge is 0.421 e. The van der Waals surface area contributed by atoms with E-state index in [1.54, 1.807) is 45.3 Å². The summed E-state index contributed by atoms with van der Waals surface area (Å²) in [4.78, 5) is 41.8. The highest BCUT2D eigenvalue weighted by molar-refractivity contribution is 5.94. The fraction of sp³-hybridized carbons (Fsp3) is 0.419. The molecule has 1 aliphatic carbocycles. The zero-order valence-corrected chi connectivity index (χ0v) is 24.1. The van der Waals surface area contributed by atoms with Crippen LogP contribution in [0.3, 0.4) is 0 Å². The lowest BCUT2D eigenvalue weighted by Gasteiger charge is -2.31. The first-order valence-corrected chi connectivity index (χ1v) is 14.1. The lowest BCUT2D eigenvalue weighted by Crippen LogP contribution is -2.42. The SMILES string of the molecule is CC(C)(C)OC(=O)N(c1cc(C#N)ccn1)c1cc(C2CC2)cc(-c2cncc(OC3CCN(CC(N)=O)CC3)c2)n1. The van der Waals surface area contributed by atoms with Crippen LogP contribution in [0, 0.1) is 11.3 Å². The molecule has 2 fully saturated rings. The molecule has 3 aromatic heterocycles. The summed E-state index contributed by atoms with van der Waals surface area (Å²) in [6, 6.07) is 11.0. The quantitative estimate of drug-likeness (QED) is 0.408. The van der Waals surface area contributed by atoms with Gasteiger partial charge in [-0.05, 0) is 88.3 Å². The molecule has 0 atom stereocenters. The molecule has 0 bridgehead atoms. The molecule has 3 aromatic rings. The largest absolute Gasteiger partial charge is 0.489 e. The van der Waals surface area contributed by atoms with E-state index in [0.29, 0.717) is 28.7 Å². The predicted octanol–water partition coefficient (Wildman–Crippen LogP) is 4.69. The van der Waals surface area contributed by atoms with E-state index in [4.69, 9.17) is 20.2 Å². The number of carbonyl (C=O) groups excluding carboxylic acids is 2. The Hall–Kier alpha value is -4.56. The van der Waals surface area contributed by atoms with Gasteiger partial charge in [-0.2, -0.15) is 5.26 Å². The Kier molecular flexibility index (Phi) is 8.36. The van der Waals surface area contributed by atoms with Gasteiger partial charge in [0.15, 0.2) is 0 Å². The molecule has 0 radical (unpaired) electrons. The van der Waals surface area contributed by atoms with Crippen molar-refractivity contribution in [1.29, 1.82) is 5.26 Å². The molecule has 11 heteroatoms. The number of rotatable bonds is 8. The van der Waals surface area contributed by atoms with Crippen molar-refractivity contribution >= 4 is 23.6 Å². The first kappa shape index (κ1) is 29.0. The van der Waals surface area contributed by atoms with Gasteiger partial charge in [0, 0.05) is 31.0 Å². The van der Waals surface area contributed by atoms with Crippen molar-refractivity contribution in [2.45, 2.75) is 64.1 Å². The molecule has 2 N–H and O–H groups in total. The first-order valence-electron chi connectivity index (χ1n) is 14.1. The van der Waals surface area contributed by atoms with Gasteiger partial charge >= 0.3 is 6.09 Å². The van der Waals surface area contributed by atoms with Gasteiger partial charge in [-0.1, -0.05) is 0 Å². The highest BCUT2D eigenvalue weighted by Crippen LogP contribution is 2.43. The topological polar surface area (TPSA) is 148 Å². The molecule has 1 saturated carbocycles. The van der Waals surface area contributed by atoms with Gasteiger partial charge in [0.1, 0.15) is 29.1 Å². The van der Waals surface area contributed by atoms with Gasteiger partial charge in [-0.15, -0.1) is 0 Å². The van der Waals surface area contributed by atoms with Gasteiger partial charge in [-0.3, -0.25) is 14.7 Å². The zero-order chi connectivity index (χ0) is 29.9. The number of hydrogen-bond acceptors (Lipinski definition) is 9. The van der Waals surface area contributed by atoms with Crippen LogP contribution < -0.4 is 15.4 Å². The Bertz CT molecular complexity index is 1500. The van der Waals surface area contributed by atoms with Crippen molar-refractivity contribution in [3.63, 3.8) is 0 Å². The summed E-state index contributed by atoms with van der Waals surface area (Å²) in [5.41, 5.74) is 7.36. The molecule has 0 aromatic carbocycles. The van der Waals surface area contributed by atoms with E-state index in [0.717, 1.165) is 49.9 Å². The third-order valence-electron chi connectivity index (χ3n) is 7.02. The lowest BCUT2D eigenvalue weighted by atomic mass is 10.1. The first-order chi connectivity index (χ1) is 20.1. The summed E-state index contributed by atoms with van der Waals surface area (Å²) < 4.78 is 12.0. The molecular formula is C31H35N7O4. The summed E-state index contributed by atoms with van der Waals surface area (Å²) in [6.07, 6.45) is 7.88. The number of amides is 2. The summed E-state index contributed by atoms with van der Waals surface area (Å²) >= 11 is 0. The van der Waals surface area contributed by atoms with Crippen LogP contribution in [0.4, 0.5) is 16.4 Å². The second-order valence-corrected chi connectivity index (χ2v) is 11.7. The molecule has 1 saturated heterocycles. The molecule has 2 aliphatic rings. The van der Waals surface area contributed by atoms with Crippen LogP contribution in [0.15, 0.2) is 48.9 Å². The Balaban J connectivity index is 1.46. The van der Waals surface area contributed by atoms with Crippen molar-refractivity contribution in [2.24, 2.45) is 5.73 Å². The van der Waals surface area contributed by atoms with E-state index in [2.05, 4.69) is 16.0 Å². The second kappa shape index (κ2) is 12.1. The maximum Gasteiger partial charge on any atom is 0.421 e. The fourth-order valence-electron chi connectivity index (χ4n) is 4.90. The van der Waals surface area contributed by atoms with E-state index in [1.807, 2.05) is 23.1 Å². The standard InChI is InChI=1S/C31H35N7O4/c1-31(2,3)42-30(40)38(28-12-20(16-32)6-9-35-28)29-15-22(21-4-5-21)14-26(36-29)23-13-25(18-34-17-23)41-24-7-10-37(11-8-24)19-27(33)39/h6,9,12-15,17-18,21,24H,4-5,7-8,10-11,19H2,1-3H3,(H2,33,39). The number of nitrogens with two attached hydrogens (primary N) is 1. The third kappa shape index (κ3) is 7.39. The molecule has 5 rings (SSSR count). The van der Waals surface area contributed by atoms with Gasteiger partial charge in [0.25, 0.3) is 0 Å². The maximum absolute atomic E-state index is 13.5. The van der Waals surface area contributed by atoms with Crippen LogP contribution in [0.2, 0.25) is 0 Å². The van der Waals surface area contributed by atoms with E-state index in [-0.39, 0.29) is 24.4 Å². The van der Waals surface area contributed by atoms with Crippen molar-refractivity contribution in [2.75, 3.05) is 24.5 Å². The molecule has 2 amide bonds. The number of anilines is 2. The number of aromatic nitrogens is 3. The Labute approximate surface area is 245 Å². The molecule has 218 valence electrons. The normalized spacial score (nSPS) is 16.0. The van der Waals surface area contributed by atoms with Crippen LogP contribution in [-0.2, 0) is 9.53 Å². The summed E-state index contributed by atoms with van der Waals surface area (Å²) in [7, 11) is 0. The Morgan fingerprint density at radius 3 is 2.52 bits per heavy atom. The van der Waals surface area contributed by atoms with Gasteiger partial charge in [-0.25, -0.2) is 19.7 Å². The van der Waals surface area contributed by atoms with Crippen LogP contribution in [0.1, 0.15) is 63.5 Å². The molecule has 11 nitrogen and oxygen atoms in total. The van der Waals surface area contributed by atoms with E-state index < -0.39 is 11.7 Å². The number of nitrogens with zero attached hydrogens (tertiary/aromatic N) is 6. The number of primary amides is 1. The fourth-order valence-corrected chi connectivity index (χ4v) is 4.90. The zero-order valence-electron chi connectivity index (χ0n) is 24.1. The second-order valence-electron chi connectivity index (χ2n) is 11.7. The number of carbonyl (C=O) groups is 2. The minimum atomic E-state index is -0.759. The molecule has 0 spiro atoms. The van der Waals surface area contributed by atoms with Gasteiger partial charge in [0.05, 0.1) is 30.1 Å². The van der Waals surface area contributed by atoms with E-state index in [1.165, 1.54) is 11.1 Å².